The summed E-state index contributed by atoms with van der Waals surface area (Å²) in [5.74, 6) is 0.980. The minimum Gasteiger partial charge on any atom is -0.468 e. The van der Waals surface area contributed by atoms with Gasteiger partial charge in [-0.15, -0.1) is 0 Å². The zero-order valence-corrected chi connectivity index (χ0v) is 10.7. The molecule has 1 N–H and O–H groups in total. The molecule has 0 aliphatic heterocycles. The van der Waals surface area contributed by atoms with Gasteiger partial charge in [0.2, 0.25) is 0 Å². The number of nitrogens with zero attached hydrogens (tertiary/aromatic N) is 2. The van der Waals surface area contributed by atoms with Crippen molar-refractivity contribution in [2.45, 2.75) is 20.0 Å². The zero-order chi connectivity index (χ0) is 11.4. The fourth-order valence-electron chi connectivity index (χ4n) is 1.50. The molecule has 4 nitrogen and oxygen atoms in total. The van der Waals surface area contributed by atoms with Gasteiger partial charge in [0.15, 0.2) is 0 Å². The molecule has 0 spiro atoms. The van der Waals surface area contributed by atoms with Gasteiger partial charge < -0.3 is 9.73 Å². The lowest BCUT2D eigenvalue weighted by atomic mass is 10.2. The van der Waals surface area contributed by atoms with Gasteiger partial charge in [-0.1, -0.05) is 6.92 Å². The first-order valence-electron chi connectivity index (χ1n) is 5.23. The number of nitrogens with one attached hydrogen (secondary N) is 1. The molecular weight excluding hydrogens is 270 g/mol. The van der Waals surface area contributed by atoms with Crippen LogP contribution in [0.2, 0.25) is 0 Å². The van der Waals surface area contributed by atoms with Crippen molar-refractivity contribution >= 4 is 15.9 Å². The van der Waals surface area contributed by atoms with Crippen LogP contribution >= 0.6 is 15.9 Å². The van der Waals surface area contributed by atoms with Crippen molar-refractivity contribution in [2.75, 3.05) is 6.54 Å². The lowest BCUT2D eigenvalue weighted by molar-refractivity contribution is 0.479. The topological polar surface area (TPSA) is 43.0 Å². The van der Waals surface area contributed by atoms with E-state index in [4.69, 9.17) is 4.42 Å². The van der Waals surface area contributed by atoms with E-state index in [1.165, 1.54) is 0 Å². The third-order valence-electron chi connectivity index (χ3n) is 2.31. The Kier molecular flexibility index (Phi) is 3.79. The Bertz CT molecular complexity index is 450. The summed E-state index contributed by atoms with van der Waals surface area (Å²) >= 11 is 3.38. The fraction of sp³-hybridized carbons (Fsp3) is 0.364. The van der Waals surface area contributed by atoms with Crippen LogP contribution in [0.4, 0.5) is 0 Å². The Morgan fingerprint density at radius 1 is 1.56 bits per heavy atom. The lowest BCUT2D eigenvalue weighted by Crippen LogP contribution is -2.13. The van der Waals surface area contributed by atoms with Crippen LogP contribution in [0.25, 0.3) is 0 Å². The van der Waals surface area contributed by atoms with Gasteiger partial charge in [-0.05, 0) is 28.5 Å². The summed E-state index contributed by atoms with van der Waals surface area (Å²) in [5.41, 5.74) is 1.16. The van der Waals surface area contributed by atoms with E-state index in [-0.39, 0.29) is 0 Å². The number of rotatable bonds is 5. The van der Waals surface area contributed by atoms with E-state index in [0.29, 0.717) is 0 Å². The molecule has 0 aliphatic rings. The third-order valence-corrected chi connectivity index (χ3v) is 2.72. The summed E-state index contributed by atoms with van der Waals surface area (Å²) in [6.07, 6.45) is 5.45. The standard InChI is InChI=1S/C11H14BrN3O/c1-2-13-6-11-9(3-4-16-11)7-15-8-10(12)5-14-15/h3-5,8,13H,2,6-7H2,1H3. The molecule has 0 radical (unpaired) electrons. The van der Waals surface area contributed by atoms with Crippen LogP contribution in [0, 0.1) is 0 Å². The average molecular weight is 284 g/mol. The Morgan fingerprint density at radius 2 is 2.44 bits per heavy atom. The summed E-state index contributed by atoms with van der Waals surface area (Å²) < 4.78 is 8.30. The van der Waals surface area contributed by atoms with Crippen LogP contribution in [-0.2, 0) is 13.1 Å². The molecule has 2 rings (SSSR count). The minimum atomic E-state index is 0.739. The monoisotopic (exact) mass is 283 g/mol. The van der Waals surface area contributed by atoms with E-state index in [0.717, 1.165) is 35.4 Å². The molecule has 2 aromatic rings. The fourth-order valence-corrected chi connectivity index (χ4v) is 1.83. The highest BCUT2D eigenvalue weighted by Crippen LogP contribution is 2.13. The van der Waals surface area contributed by atoms with E-state index >= 15 is 0 Å². The quantitative estimate of drug-likeness (QED) is 0.916. The van der Waals surface area contributed by atoms with E-state index in [1.54, 1.807) is 12.5 Å². The van der Waals surface area contributed by atoms with Crippen LogP contribution in [0.5, 0.6) is 0 Å². The molecule has 0 saturated carbocycles. The summed E-state index contributed by atoms with van der Waals surface area (Å²) in [6.45, 7) is 4.52. The van der Waals surface area contributed by atoms with Crippen molar-refractivity contribution < 1.29 is 4.42 Å². The summed E-state index contributed by atoms with van der Waals surface area (Å²) in [6, 6.07) is 1.99. The van der Waals surface area contributed by atoms with Crippen LogP contribution in [-0.4, -0.2) is 16.3 Å². The highest BCUT2D eigenvalue weighted by molar-refractivity contribution is 9.10. The zero-order valence-electron chi connectivity index (χ0n) is 9.11. The van der Waals surface area contributed by atoms with E-state index in [9.17, 15) is 0 Å². The Balaban J connectivity index is 2.06. The molecule has 0 aromatic carbocycles. The maximum absolute atomic E-state index is 5.43. The van der Waals surface area contributed by atoms with E-state index in [1.807, 2.05) is 16.9 Å². The summed E-state index contributed by atoms with van der Waals surface area (Å²) in [5, 5.41) is 7.47. The lowest BCUT2D eigenvalue weighted by Gasteiger charge is -2.03. The second-order valence-corrected chi connectivity index (χ2v) is 4.42. The SMILES string of the molecule is CCNCc1occc1Cn1cc(Br)cn1. The number of hydrogen-bond acceptors (Lipinski definition) is 3. The van der Waals surface area contributed by atoms with Crippen LogP contribution in [0.15, 0.2) is 33.6 Å². The highest BCUT2D eigenvalue weighted by atomic mass is 79.9. The van der Waals surface area contributed by atoms with Crippen LogP contribution < -0.4 is 5.32 Å². The van der Waals surface area contributed by atoms with Gasteiger partial charge in [0.1, 0.15) is 5.76 Å². The Morgan fingerprint density at radius 3 is 3.12 bits per heavy atom. The number of halogens is 1. The number of hydrogen-bond donors (Lipinski definition) is 1. The minimum absolute atomic E-state index is 0.739. The third kappa shape index (κ3) is 2.74. The van der Waals surface area contributed by atoms with Crippen molar-refractivity contribution in [3.63, 3.8) is 0 Å². The first-order chi connectivity index (χ1) is 7.79. The molecule has 0 saturated heterocycles. The first kappa shape index (κ1) is 11.4. The number of furan rings is 1. The molecule has 86 valence electrons. The predicted octanol–water partition coefficient (Wildman–Crippen LogP) is 2.40. The molecule has 0 bridgehead atoms. The molecule has 2 heterocycles. The highest BCUT2D eigenvalue weighted by Gasteiger charge is 2.06. The summed E-state index contributed by atoms with van der Waals surface area (Å²) in [4.78, 5) is 0. The molecule has 0 fully saturated rings. The van der Waals surface area contributed by atoms with Gasteiger partial charge in [0.25, 0.3) is 0 Å². The summed E-state index contributed by atoms with van der Waals surface area (Å²) in [7, 11) is 0. The average Bonchev–Trinajstić information content (AvgIpc) is 2.86. The van der Waals surface area contributed by atoms with Crippen molar-refractivity contribution in [1.29, 1.82) is 0 Å². The largest absolute Gasteiger partial charge is 0.468 e. The second kappa shape index (κ2) is 5.32. The smallest absolute Gasteiger partial charge is 0.122 e. The van der Waals surface area contributed by atoms with E-state index < -0.39 is 0 Å². The molecule has 0 amide bonds. The molecule has 0 aliphatic carbocycles. The molecule has 2 aromatic heterocycles. The molecule has 16 heavy (non-hydrogen) atoms. The van der Waals surface area contributed by atoms with Crippen molar-refractivity contribution in [1.82, 2.24) is 15.1 Å². The maximum atomic E-state index is 5.43. The normalized spacial score (nSPS) is 10.9. The van der Waals surface area contributed by atoms with Gasteiger partial charge in [-0.2, -0.15) is 5.10 Å². The predicted molar refractivity (Wildman–Crippen MR) is 65.1 cm³/mol. The molecule has 0 unspecified atom stereocenters. The van der Waals surface area contributed by atoms with E-state index in [2.05, 4.69) is 33.3 Å². The Hall–Kier alpha value is -1.07. The van der Waals surface area contributed by atoms with Crippen molar-refractivity contribution in [3.05, 3.63) is 40.5 Å². The molecule has 0 atom stereocenters. The molecular formula is C11H14BrN3O. The molecule has 5 heteroatoms. The number of aromatic nitrogens is 2. The van der Waals surface area contributed by atoms with Crippen LogP contribution in [0.1, 0.15) is 18.2 Å². The maximum Gasteiger partial charge on any atom is 0.122 e. The van der Waals surface area contributed by atoms with Gasteiger partial charge in [0.05, 0.1) is 30.0 Å². The van der Waals surface area contributed by atoms with Gasteiger partial charge >= 0.3 is 0 Å². The van der Waals surface area contributed by atoms with Gasteiger partial charge in [-0.25, -0.2) is 0 Å². The van der Waals surface area contributed by atoms with Crippen LogP contribution in [0.3, 0.4) is 0 Å². The van der Waals surface area contributed by atoms with Crippen molar-refractivity contribution in [2.24, 2.45) is 0 Å². The second-order valence-electron chi connectivity index (χ2n) is 3.51. The first-order valence-corrected chi connectivity index (χ1v) is 6.03. The van der Waals surface area contributed by atoms with Gasteiger partial charge in [-0.3, -0.25) is 4.68 Å². The van der Waals surface area contributed by atoms with Gasteiger partial charge in [0, 0.05) is 11.8 Å². The van der Waals surface area contributed by atoms with Crippen molar-refractivity contribution in [3.8, 4) is 0 Å². The Labute approximate surface area is 103 Å².